The molecule has 2 fully saturated rings. The Labute approximate surface area is 140 Å². The van der Waals surface area contributed by atoms with Crippen LogP contribution in [0, 0.1) is 0 Å². The Morgan fingerprint density at radius 3 is 3.22 bits per heavy atom. The first-order valence-corrected chi connectivity index (χ1v) is 7.97. The normalized spacial score (nSPS) is 48.4. The molecule has 1 aromatic rings. The molecule has 2 aliphatic carbocycles. The van der Waals surface area contributed by atoms with E-state index in [1.54, 1.807) is 6.07 Å². The number of carbonyl (C=O) groups is 1. The van der Waals surface area contributed by atoms with Crippen LogP contribution in [-0.2, 0) is 16.6 Å². The van der Waals surface area contributed by atoms with Crippen LogP contribution in [-0.4, -0.2) is 55.6 Å². The summed E-state index contributed by atoms with van der Waals surface area (Å²) >= 11 is 0. The highest BCUT2D eigenvalue weighted by molar-refractivity contribution is 5.90. The Hall–Kier alpha value is -1.59. The van der Waals surface area contributed by atoms with E-state index < -0.39 is 29.3 Å². The SMILES string of the molecule is [2H]O[C@@]12CC([2H])([2H])C(=O)C3([2H])Oc4c(OC)ccc5c4[C@@]31CCN(C)[C@@H]2C5. The molecule has 5 nitrogen and oxygen atoms in total. The van der Waals surface area contributed by atoms with Gasteiger partial charge in [-0.3, -0.25) is 4.79 Å². The quantitative estimate of drug-likeness (QED) is 0.883. The largest absolute Gasteiger partial charge is 0.493 e. The van der Waals surface area contributed by atoms with Crippen LogP contribution in [0.1, 0.15) is 34.5 Å². The minimum absolute atomic E-state index is 0.266. The van der Waals surface area contributed by atoms with Crippen LogP contribution in [0.2, 0.25) is 0 Å². The van der Waals surface area contributed by atoms with Crippen LogP contribution in [0.3, 0.4) is 0 Å². The van der Waals surface area contributed by atoms with Gasteiger partial charge in [0.15, 0.2) is 23.4 Å². The van der Waals surface area contributed by atoms with Gasteiger partial charge in [0.2, 0.25) is 1.43 Å². The third-order valence-electron chi connectivity index (χ3n) is 6.21. The molecule has 2 aliphatic heterocycles. The Morgan fingerprint density at radius 1 is 1.57 bits per heavy atom. The zero-order valence-corrected chi connectivity index (χ0v) is 13.1. The zero-order chi connectivity index (χ0) is 19.4. The summed E-state index contributed by atoms with van der Waals surface area (Å²) in [6.07, 6.45) is -3.88. The molecule has 1 spiro atoms. The summed E-state index contributed by atoms with van der Waals surface area (Å²) in [4.78, 5) is 15.2. The van der Waals surface area contributed by atoms with E-state index >= 15 is 0 Å². The summed E-state index contributed by atoms with van der Waals surface area (Å²) in [6.45, 7) is 0.603. The molecule has 2 heterocycles. The first-order chi connectivity index (χ1) is 12.7. The lowest BCUT2D eigenvalue weighted by Crippen LogP contribution is -2.76. The van der Waals surface area contributed by atoms with Gasteiger partial charge in [-0.2, -0.15) is 0 Å². The van der Waals surface area contributed by atoms with Crippen molar-refractivity contribution < 1.29 is 23.5 Å². The Morgan fingerprint density at radius 2 is 2.43 bits per heavy atom. The number of rotatable bonds is 2. The highest BCUT2D eigenvalue weighted by Gasteiger charge is 2.72. The summed E-state index contributed by atoms with van der Waals surface area (Å²) in [5.41, 5.74) is -0.959. The van der Waals surface area contributed by atoms with E-state index in [0.717, 1.165) is 5.56 Å². The number of ether oxygens (including phenoxy) is 2. The third kappa shape index (κ3) is 1.32. The Bertz CT molecular complexity index is 879. The van der Waals surface area contributed by atoms with E-state index in [1.165, 1.54) is 7.11 Å². The van der Waals surface area contributed by atoms with Crippen molar-refractivity contribution in [3.05, 3.63) is 23.3 Å². The number of hydrogen-bond donors (Lipinski definition) is 1. The van der Waals surface area contributed by atoms with Gasteiger partial charge in [-0.1, -0.05) is 6.07 Å². The number of piperidine rings is 1. The average molecular weight is 319 g/mol. The van der Waals surface area contributed by atoms with Crippen molar-refractivity contribution in [3.8, 4) is 11.5 Å². The van der Waals surface area contributed by atoms with E-state index in [1.807, 2.05) is 13.1 Å². The van der Waals surface area contributed by atoms with Crippen molar-refractivity contribution >= 4 is 5.78 Å². The molecule has 23 heavy (non-hydrogen) atoms. The molecular weight excluding hydrogens is 294 g/mol. The molecule has 4 atom stereocenters. The topological polar surface area (TPSA) is 59.0 Å². The highest BCUT2D eigenvalue weighted by atomic mass is 16.5. The molecule has 0 aromatic heterocycles. The van der Waals surface area contributed by atoms with Crippen LogP contribution < -0.4 is 9.47 Å². The van der Waals surface area contributed by atoms with Gasteiger partial charge >= 0.3 is 0 Å². The van der Waals surface area contributed by atoms with Crippen molar-refractivity contribution in [2.24, 2.45) is 0 Å². The minimum Gasteiger partial charge on any atom is -0.493 e. The van der Waals surface area contributed by atoms with E-state index in [9.17, 15) is 4.79 Å². The fraction of sp³-hybridized carbons (Fsp3) is 0.611. The van der Waals surface area contributed by atoms with Crippen molar-refractivity contribution in [2.75, 3.05) is 20.7 Å². The lowest BCUT2D eigenvalue weighted by atomic mass is 9.49. The van der Waals surface area contributed by atoms with Crippen molar-refractivity contribution in [2.45, 2.75) is 48.8 Å². The highest BCUT2D eigenvalue weighted by Crippen LogP contribution is 2.64. The van der Waals surface area contributed by atoms with Gasteiger partial charge in [0, 0.05) is 20.7 Å². The third-order valence-corrected chi connectivity index (χ3v) is 6.21. The van der Waals surface area contributed by atoms with Crippen LogP contribution in [0.4, 0.5) is 0 Å². The van der Waals surface area contributed by atoms with Gasteiger partial charge in [-0.05, 0) is 44.5 Å². The molecule has 5 rings (SSSR count). The number of Topliss-reactive ketones (excluding diaryl/α,β-unsaturated/α-hetero) is 1. The summed E-state index contributed by atoms with van der Waals surface area (Å²) < 4.78 is 45.2. The Balaban J connectivity index is 1.92. The molecule has 1 N–H and O–H groups in total. The van der Waals surface area contributed by atoms with Gasteiger partial charge in [0.1, 0.15) is 0 Å². The summed E-state index contributed by atoms with van der Waals surface area (Å²) in [5, 5.41) is 5.37. The minimum atomic E-state index is -2.32. The van der Waals surface area contributed by atoms with E-state index in [2.05, 4.69) is 4.90 Å². The number of hydrogen-bond acceptors (Lipinski definition) is 5. The maximum atomic E-state index is 13.2. The number of nitrogens with zero attached hydrogens (tertiary/aromatic N) is 1. The van der Waals surface area contributed by atoms with Crippen LogP contribution in [0.5, 0.6) is 11.5 Å². The molecule has 1 aromatic carbocycles. The second kappa shape index (κ2) is 4.08. The fourth-order valence-electron chi connectivity index (χ4n) is 5.13. The second-order valence-electron chi connectivity index (χ2n) is 6.99. The lowest BCUT2D eigenvalue weighted by Gasteiger charge is -2.62. The predicted molar refractivity (Wildman–Crippen MR) is 83.0 cm³/mol. The lowest BCUT2D eigenvalue weighted by molar-refractivity contribution is -0.185. The van der Waals surface area contributed by atoms with Crippen molar-refractivity contribution in [1.29, 1.82) is 1.43 Å². The maximum absolute atomic E-state index is 13.2. The van der Waals surface area contributed by atoms with Gasteiger partial charge in [-0.15, -0.1) is 0 Å². The maximum Gasteiger partial charge on any atom is 0.211 e. The molecular formula is C18H21NO4. The zero-order valence-electron chi connectivity index (χ0n) is 17.1. The second-order valence-corrected chi connectivity index (χ2v) is 6.99. The summed E-state index contributed by atoms with van der Waals surface area (Å²) in [7, 11) is 3.41. The molecule has 0 amide bonds. The fourth-order valence-corrected chi connectivity index (χ4v) is 5.13. The van der Waals surface area contributed by atoms with Crippen molar-refractivity contribution in [1.82, 2.24) is 4.90 Å². The molecule has 1 saturated carbocycles. The van der Waals surface area contributed by atoms with E-state index in [0.29, 0.717) is 36.4 Å². The van der Waals surface area contributed by atoms with Crippen molar-refractivity contribution in [3.63, 3.8) is 0 Å². The number of methoxy groups -OCH3 is 1. The number of carbonyl (C=O) groups excluding carboxylic acids is 1. The molecule has 4 aliphatic rings. The number of aliphatic hydroxyl groups is 1. The van der Waals surface area contributed by atoms with E-state index in [-0.39, 0.29) is 12.5 Å². The van der Waals surface area contributed by atoms with Crippen LogP contribution in [0.25, 0.3) is 0 Å². The summed E-state index contributed by atoms with van der Waals surface area (Å²) in [5.74, 6) is -0.175. The van der Waals surface area contributed by atoms with Gasteiger partial charge in [-0.25, -0.2) is 0 Å². The Kier molecular flexibility index (Phi) is 1.83. The number of ketones is 1. The van der Waals surface area contributed by atoms with Crippen LogP contribution >= 0.6 is 0 Å². The molecule has 2 bridgehead atoms. The molecule has 0 radical (unpaired) electrons. The first kappa shape index (κ1) is 10.3. The molecule has 5 heteroatoms. The van der Waals surface area contributed by atoms with Gasteiger partial charge in [0.25, 0.3) is 0 Å². The van der Waals surface area contributed by atoms with Crippen LogP contribution in [0.15, 0.2) is 12.1 Å². The number of benzene rings is 1. The van der Waals surface area contributed by atoms with Gasteiger partial charge in [0.05, 0.1) is 19.5 Å². The first-order valence-electron chi connectivity index (χ1n) is 9.88. The predicted octanol–water partition coefficient (Wildman–Crippen LogP) is 1.05. The number of likely N-dealkylation sites (tertiary alicyclic amines) is 1. The molecule has 1 unspecified atom stereocenters. The number of likely N-dealkylation sites (N-methyl/N-ethyl adjacent to an activating group) is 1. The monoisotopic (exact) mass is 319 g/mol. The molecule has 122 valence electrons. The average Bonchev–Trinajstić information content (AvgIpc) is 2.91. The van der Waals surface area contributed by atoms with E-state index in [4.69, 9.17) is 20.1 Å². The smallest absolute Gasteiger partial charge is 0.211 e. The van der Waals surface area contributed by atoms with Gasteiger partial charge < -0.3 is 19.5 Å². The summed E-state index contributed by atoms with van der Waals surface area (Å²) in [6, 6.07) is 3.35. The molecule has 1 saturated heterocycles. The standard InChI is InChI=1S/C18H21NO4/c1-19-8-7-17-14-10-3-4-12(22-2)15(14)23-16(17)11(20)5-6-18(17,21)13(19)9-10/h3-4,13,16,21H,5-9H2,1-2H3/t13-,16?,17+,18-/m1/s1/i5D2,16D,21D.